The number of carboxylic acid groups (broad SMARTS) is 1. The summed E-state index contributed by atoms with van der Waals surface area (Å²) < 4.78 is 5.19. The van der Waals surface area contributed by atoms with Crippen LogP contribution in [-0.4, -0.2) is 28.9 Å². The predicted molar refractivity (Wildman–Crippen MR) is 82.2 cm³/mol. The standard InChI is InChI=1S/C17H22O5/c1-10-5-7-14(12(3)17(20)21)8-6-11(2)16(9-15(10)19)22-13(4)18/h6,14,16H,1,3,5,7-9H2,2,4H3,(H,20,21)/b11-6+/t14-,16+/m1/s1. The van der Waals surface area contributed by atoms with Crippen molar-refractivity contribution in [1.82, 2.24) is 0 Å². The van der Waals surface area contributed by atoms with E-state index in [1.165, 1.54) is 6.92 Å². The lowest BCUT2D eigenvalue weighted by atomic mass is 9.86. The number of carbonyl (C=O) groups is 3. The van der Waals surface area contributed by atoms with Crippen molar-refractivity contribution in [3.63, 3.8) is 0 Å². The lowest BCUT2D eigenvalue weighted by Gasteiger charge is -2.22. The Hall–Kier alpha value is -2.17. The van der Waals surface area contributed by atoms with Gasteiger partial charge in [-0.05, 0) is 43.3 Å². The van der Waals surface area contributed by atoms with E-state index in [9.17, 15) is 14.4 Å². The van der Waals surface area contributed by atoms with E-state index in [-0.39, 0.29) is 23.7 Å². The Balaban J connectivity index is 3.05. The number of allylic oxidation sites excluding steroid dienone is 2. The van der Waals surface area contributed by atoms with Crippen LogP contribution < -0.4 is 0 Å². The van der Waals surface area contributed by atoms with E-state index in [2.05, 4.69) is 13.2 Å². The summed E-state index contributed by atoms with van der Waals surface area (Å²) in [4.78, 5) is 34.4. The van der Waals surface area contributed by atoms with Gasteiger partial charge in [0.2, 0.25) is 0 Å². The van der Waals surface area contributed by atoms with Gasteiger partial charge in [0, 0.05) is 12.5 Å². The van der Waals surface area contributed by atoms with Gasteiger partial charge < -0.3 is 9.84 Å². The molecule has 2 atom stereocenters. The van der Waals surface area contributed by atoms with Gasteiger partial charge in [0.25, 0.3) is 0 Å². The van der Waals surface area contributed by atoms with Crippen molar-refractivity contribution in [2.45, 2.75) is 45.6 Å². The predicted octanol–water partition coefficient (Wildman–Crippen LogP) is 2.82. The molecule has 0 aromatic heterocycles. The van der Waals surface area contributed by atoms with Crippen LogP contribution in [0.15, 0.2) is 36.0 Å². The summed E-state index contributed by atoms with van der Waals surface area (Å²) in [6, 6.07) is 0. The quantitative estimate of drug-likeness (QED) is 0.492. The van der Waals surface area contributed by atoms with Crippen LogP contribution in [0.3, 0.4) is 0 Å². The van der Waals surface area contributed by atoms with Crippen molar-refractivity contribution in [2.75, 3.05) is 0 Å². The normalized spacial score (nSPS) is 25.8. The molecule has 0 unspecified atom stereocenters. The topological polar surface area (TPSA) is 80.7 Å². The second-order valence-electron chi connectivity index (χ2n) is 5.58. The number of carbonyl (C=O) groups excluding carboxylic acids is 2. The van der Waals surface area contributed by atoms with Gasteiger partial charge in [0.15, 0.2) is 5.78 Å². The lowest BCUT2D eigenvalue weighted by Crippen LogP contribution is -2.24. The summed E-state index contributed by atoms with van der Waals surface area (Å²) in [6.45, 7) is 10.4. The highest BCUT2D eigenvalue weighted by Gasteiger charge is 2.24. The first-order chi connectivity index (χ1) is 10.2. The number of aliphatic carboxylic acids is 1. The second kappa shape index (κ2) is 7.73. The van der Waals surface area contributed by atoms with Crippen molar-refractivity contribution in [2.24, 2.45) is 5.92 Å². The molecule has 0 fully saturated rings. The average molecular weight is 306 g/mol. The van der Waals surface area contributed by atoms with Crippen molar-refractivity contribution in [1.29, 1.82) is 0 Å². The van der Waals surface area contributed by atoms with Crippen LogP contribution in [-0.2, 0) is 19.1 Å². The van der Waals surface area contributed by atoms with E-state index in [0.717, 1.165) is 5.57 Å². The highest BCUT2D eigenvalue weighted by molar-refractivity contribution is 5.95. The van der Waals surface area contributed by atoms with Crippen LogP contribution in [0.2, 0.25) is 0 Å². The fourth-order valence-corrected chi connectivity index (χ4v) is 2.37. The van der Waals surface area contributed by atoms with Gasteiger partial charge in [-0.3, -0.25) is 9.59 Å². The number of carboxylic acids is 1. The molecular weight excluding hydrogens is 284 g/mol. The molecule has 1 rings (SSSR count). The van der Waals surface area contributed by atoms with Crippen molar-refractivity contribution >= 4 is 17.7 Å². The molecule has 0 aliphatic heterocycles. The molecule has 0 heterocycles. The lowest BCUT2D eigenvalue weighted by molar-refractivity contribution is -0.145. The van der Waals surface area contributed by atoms with E-state index in [0.29, 0.717) is 24.8 Å². The molecule has 0 saturated carbocycles. The minimum atomic E-state index is -1.04. The molecule has 0 saturated heterocycles. The maximum atomic E-state index is 12.1. The number of esters is 1. The highest BCUT2D eigenvalue weighted by Crippen LogP contribution is 2.27. The van der Waals surface area contributed by atoms with Crippen LogP contribution in [0.4, 0.5) is 0 Å². The summed E-state index contributed by atoms with van der Waals surface area (Å²) in [7, 11) is 0. The number of Topliss-reactive ketones (excluding diaryl/α,β-unsaturated/α-hetero) is 1. The first-order valence-corrected chi connectivity index (χ1v) is 7.19. The third-order valence-corrected chi connectivity index (χ3v) is 3.87. The molecule has 0 aromatic rings. The van der Waals surface area contributed by atoms with Crippen LogP contribution in [0.1, 0.15) is 39.5 Å². The zero-order valence-corrected chi connectivity index (χ0v) is 13.1. The Morgan fingerprint density at radius 3 is 2.59 bits per heavy atom. The van der Waals surface area contributed by atoms with Crippen molar-refractivity contribution < 1.29 is 24.2 Å². The first kappa shape index (κ1) is 17.9. The fourth-order valence-electron chi connectivity index (χ4n) is 2.37. The molecule has 5 nitrogen and oxygen atoms in total. The Kier molecular flexibility index (Phi) is 6.28. The van der Waals surface area contributed by atoms with E-state index in [1.54, 1.807) is 6.92 Å². The zero-order chi connectivity index (χ0) is 16.9. The minimum Gasteiger partial charge on any atom is -0.478 e. The molecule has 5 heteroatoms. The second-order valence-corrected chi connectivity index (χ2v) is 5.58. The molecule has 22 heavy (non-hydrogen) atoms. The van der Waals surface area contributed by atoms with E-state index in [1.807, 2.05) is 6.08 Å². The first-order valence-electron chi connectivity index (χ1n) is 7.19. The zero-order valence-electron chi connectivity index (χ0n) is 13.1. The minimum absolute atomic E-state index is 0.0747. The third kappa shape index (κ3) is 4.98. The number of hydrogen-bond donors (Lipinski definition) is 1. The largest absolute Gasteiger partial charge is 0.478 e. The van der Waals surface area contributed by atoms with Gasteiger partial charge in [-0.15, -0.1) is 0 Å². The fraction of sp³-hybridized carbons (Fsp3) is 0.471. The smallest absolute Gasteiger partial charge is 0.331 e. The number of hydrogen-bond acceptors (Lipinski definition) is 4. The molecular formula is C17H22O5. The molecule has 1 aliphatic carbocycles. The average Bonchev–Trinajstić information content (AvgIpc) is 2.43. The van der Waals surface area contributed by atoms with Gasteiger partial charge in [0.05, 0.1) is 6.42 Å². The monoisotopic (exact) mass is 306 g/mol. The molecule has 0 aromatic carbocycles. The molecule has 1 N–H and O–H groups in total. The van der Waals surface area contributed by atoms with Gasteiger partial charge in [-0.1, -0.05) is 19.2 Å². The molecule has 120 valence electrons. The van der Waals surface area contributed by atoms with Crippen LogP contribution >= 0.6 is 0 Å². The van der Waals surface area contributed by atoms with Gasteiger partial charge in [-0.25, -0.2) is 4.79 Å². The number of rotatable bonds is 3. The Morgan fingerprint density at radius 2 is 2.05 bits per heavy atom. The Labute approximate surface area is 130 Å². The third-order valence-electron chi connectivity index (χ3n) is 3.87. The van der Waals surface area contributed by atoms with Crippen LogP contribution in [0.5, 0.6) is 0 Å². The maximum Gasteiger partial charge on any atom is 0.331 e. The SMILES string of the molecule is C=C1CC[C@@H](C(=C)C(=O)O)C/C=C(\C)[C@@H](OC(C)=O)CC1=O. The molecule has 0 bridgehead atoms. The Bertz CT molecular complexity index is 541. The molecule has 1 aliphatic rings. The van der Waals surface area contributed by atoms with E-state index < -0.39 is 18.0 Å². The molecule has 0 spiro atoms. The van der Waals surface area contributed by atoms with Crippen LogP contribution in [0.25, 0.3) is 0 Å². The van der Waals surface area contributed by atoms with E-state index >= 15 is 0 Å². The molecule has 0 radical (unpaired) electrons. The molecule has 0 amide bonds. The Morgan fingerprint density at radius 1 is 1.41 bits per heavy atom. The van der Waals surface area contributed by atoms with Crippen molar-refractivity contribution in [3.8, 4) is 0 Å². The summed E-state index contributed by atoms with van der Waals surface area (Å²) in [6.07, 6.45) is 2.68. The summed E-state index contributed by atoms with van der Waals surface area (Å²) in [5, 5.41) is 9.10. The summed E-state index contributed by atoms with van der Waals surface area (Å²) >= 11 is 0. The van der Waals surface area contributed by atoms with Gasteiger partial charge in [-0.2, -0.15) is 0 Å². The summed E-state index contributed by atoms with van der Waals surface area (Å²) in [5.41, 5.74) is 1.28. The number of ketones is 1. The number of ether oxygens (including phenoxy) is 1. The van der Waals surface area contributed by atoms with Gasteiger partial charge >= 0.3 is 11.9 Å². The van der Waals surface area contributed by atoms with E-state index in [4.69, 9.17) is 9.84 Å². The highest BCUT2D eigenvalue weighted by atomic mass is 16.5. The van der Waals surface area contributed by atoms with Crippen LogP contribution in [0, 0.1) is 5.92 Å². The van der Waals surface area contributed by atoms with Crippen molar-refractivity contribution in [3.05, 3.63) is 36.0 Å². The maximum absolute atomic E-state index is 12.1. The summed E-state index contributed by atoms with van der Waals surface area (Å²) in [5.74, 6) is -1.94. The van der Waals surface area contributed by atoms with Gasteiger partial charge in [0.1, 0.15) is 6.10 Å².